The zero-order valence-electron chi connectivity index (χ0n) is 39.0. The van der Waals surface area contributed by atoms with Crippen molar-refractivity contribution in [3.8, 4) is 0 Å². The molecule has 3 N–H and O–H groups in total. The molecular formula is C47H66N6O12. The van der Waals surface area contributed by atoms with Crippen LogP contribution in [0, 0.1) is 23.7 Å². The van der Waals surface area contributed by atoms with Crippen molar-refractivity contribution in [3.05, 3.63) is 72.6 Å². The molecule has 2 aromatic rings. The highest BCUT2D eigenvalue weighted by atomic mass is 16.7. The maximum atomic E-state index is 14.7. The molecule has 0 bridgehead atoms. The van der Waals surface area contributed by atoms with Gasteiger partial charge >= 0.3 is 24.1 Å². The van der Waals surface area contributed by atoms with E-state index in [9.17, 15) is 29.1 Å². The van der Waals surface area contributed by atoms with Crippen LogP contribution in [0.3, 0.4) is 0 Å². The van der Waals surface area contributed by atoms with Gasteiger partial charge in [0.15, 0.2) is 11.9 Å². The first-order valence-electron chi connectivity index (χ1n) is 22.3. The molecule has 18 nitrogen and oxygen atoms in total. The molecule has 3 aliphatic heterocycles. The van der Waals surface area contributed by atoms with Gasteiger partial charge in [-0.1, -0.05) is 52.0 Å². The summed E-state index contributed by atoms with van der Waals surface area (Å²) in [6.07, 6.45) is 6.84. The summed E-state index contributed by atoms with van der Waals surface area (Å²) in [4.78, 5) is 84.3. The van der Waals surface area contributed by atoms with Gasteiger partial charge in [-0.25, -0.2) is 9.59 Å². The van der Waals surface area contributed by atoms with Crippen LogP contribution in [0.5, 0.6) is 0 Å². The van der Waals surface area contributed by atoms with Crippen LogP contribution in [0.25, 0.3) is 6.08 Å². The van der Waals surface area contributed by atoms with E-state index in [4.69, 9.17) is 28.4 Å². The molecule has 2 amide bonds. The van der Waals surface area contributed by atoms with Gasteiger partial charge in [-0.15, -0.1) is 0 Å². The van der Waals surface area contributed by atoms with Crippen LogP contribution in [0.2, 0.25) is 0 Å². The number of carbonyl (C=O) groups is 5. The first kappa shape index (κ1) is 50.7. The van der Waals surface area contributed by atoms with E-state index in [0.717, 1.165) is 0 Å². The Morgan fingerprint density at radius 1 is 1.03 bits per heavy atom. The van der Waals surface area contributed by atoms with Crippen LogP contribution < -0.4 is 10.6 Å². The molecule has 3 fully saturated rings. The maximum absolute atomic E-state index is 14.7. The Morgan fingerprint density at radius 2 is 1.77 bits per heavy atom. The molecular weight excluding hydrogens is 841 g/mol. The monoisotopic (exact) mass is 906 g/mol. The molecule has 356 valence electrons. The first-order valence-corrected chi connectivity index (χ1v) is 22.3. The Hall–Kier alpha value is -5.30. The fraction of sp³-hybridized carbons (Fsp3) is 0.617. The largest absolute Gasteiger partial charge is 0.461 e. The summed E-state index contributed by atoms with van der Waals surface area (Å²) in [5.41, 5.74) is -2.04. The lowest BCUT2D eigenvalue weighted by Gasteiger charge is -2.48. The van der Waals surface area contributed by atoms with Gasteiger partial charge in [0.2, 0.25) is 0 Å². The number of pyridine rings is 1. The lowest BCUT2D eigenvalue weighted by atomic mass is 9.73. The zero-order chi connectivity index (χ0) is 47.6. The summed E-state index contributed by atoms with van der Waals surface area (Å²) in [5, 5.41) is 17.3. The van der Waals surface area contributed by atoms with E-state index in [-0.39, 0.29) is 37.7 Å². The van der Waals surface area contributed by atoms with Crippen molar-refractivity contribution in [3.63, 3.8) is 0 Å². The molecule has 65 heavy (non-hydrogen) atoms. The van der Waals surface area contributed by atoms with E-state index in [1.807, 2.05) is 25.9 Å². The summed E-state index contributed by atoms with van der Waals surface area (Å²) < 4.78 is 37.8. The number of aromatic nitrogens is 3. The van der Waals surface area contributed by atoms with Gasteiger partial charge in [-0.2, -0.15) is 0 Å². The third kappa shape index (κ3) is 12.5. The standard InChI is InChI=1S/C47H66N6O12/c1-11-35-47(8)40(52-45(59)65-47)29(4)37(55)27(2)24-46(7,64-44(58)51-19-14-12-13-17-33-26-49-20-21-50-33)41(63-43-38(56)34(53(9)10)22-28(3)60-43)30(5)39(31(6)42(57)61-35)62-36(54)23-32-16-15-18-48-25-32/h12-18,20-21,25-31,34-35,38-41,43,56H,11,19,22-24H2,1-10H3,(H,51,58)(H,52,59)/b14-12+,17-13+/t27-,28-,29+,30+,31-,34+,35-,38-,39+,40-,41-,43+,46-,47?/m1/s1. The van der Waals surface area contributed by atoms with E-state index in [0.29, 0.717) is 17.7 Å². The fourth-order valence-corrected chi connectivity index (χ4v) is 9.39. The number of esters is 2. The number of nitrogens with zero attached hydrogens (tertiary/aromatic N) is 4. The Morgan fingerprint density at radius 3 is 2.43 bits per heavy atom. The molecule has 1 unspecified atom stereocenters. The average molecular weight is 907 g/mol. The van der Waals surface area contributed by atoms with Gasteiger partial charge in [0.05, 0.1) is 36.4 Å². The number of nitrogens with one attached hydrogen (secondary N) is 2. The number of rotatable bonds is 12. The number of alkyl carbamates (subject to hydrolysis) is 2. The molecule has 3 saturated heterocycles. The van der Waals surface area contributed by atoms with Crippen molar-refractivity contribution in [2.24, 2.45) is 23.7 Å². The van der Waals surface area contributed by atoms with Crippen molar-refractivity contribution in [2.75, 3.05) is 20.6 Å². The lowest BCUT2D eigenvalue weighted by molar-refractivity contribution is -0.298. The highest BCUT2D eigenvalue weighted by molar-refractivity contribution is 5.85. The van der Waals surface area contributed by atoms with E-state index in [1.54, 1.807) is 110 Å². The number of likely N-dealkylation sites (N-methyl/N-ethyl adjacent to an activating group) is 1. The van der Waals surface area contributed by atoms with Gasteiger partial charge < -0.3 is 49.1 Å². The predicted molar refractivity (Wildman–Crippen MR) is 236 cm³/mol. The number of hydrogen-bond donors (Lipinski definition) is 3. The predicted octanol–water partition coefficient (Wildman–Crippen LogP) is 4.60. The van der Waals surface area contributed by atoms with Crippen LogP contribution in [0.1, 0.15) is 85.9 Å². The Balaban J connectivity index is 1.60. The van der Waals surface area contributed by atoms with E-state index in [1.165, 1.54) is 6.20 Å². The fourth-order valence-electron chi connectivity index (χ4n) is 9.39. The minimum atomic E-state index is -1.77. The summed E-state index contributed by atoms with van der Waals surface area (Å²) in [5.74, 6) is -5.77. The molecule has 5 rings (SSSR count). The quantitative estimate of drug-likeness (QED) is 0.150. The summed E-state index contributed by atoms with van der Waals surface area (Å²) in [6, 6.07) is 2.06. The summed E-state index contributed by atoms with van der Waals surface area (Å²) in [7, 11) is 3.66. The van der Waals surface area contributed by atoms with Crippen molar-refractivity contribution in [1.82, 2.24) is 30.5 Å². The molecule has 0 radical (unpaired) electrons. The second-order valence-corrected chi connectivity index (χ2v) is 18.1. The number of amides is 2. The highest BCUT2D eigenvalue weighted by Gasteiger charge is 2.58. The SMILES string of the molecule is CC[C@H]1OC(=O)[C@H](C)[C@@H](OC(=O)Cc2cccnc2)[C@H](C)[C@@H](O[C@@H]2O[C@H](C)C[C@H](N(C)C)[C@H]2O)[C@](C)(OC(=O)NC/C=C/C=C/c2cnccn2)C[C@@H](C)C(=O)[C@H](C)[C@H]2NC(=O)OC21C. The number of hydrogen-bond acceptors (Lipinski definition) is 16. The van der Waals surface area contributed by atoms with Gasteiger partial charge in [0.1, 0.15) is 35.8 Å². The first-order chi connectivity index (χ1) is 30.8. The minimum Gasteiger partial charge on any atom is -0.461 e. The van der Waals surface area contributed by atoms with Crippen molar-refractivity contribution < 1.29 is 57.5 Å². The number of fused-ring (bicyclic) bond motifs is 1. The number of ketones is 1. The van der Waals surface area contributed by atoms with Gasteiger partial charge in [-0.05, 0) is 78.8 Å². The summed E-state index contributed by atoms with van der Waals surface area (Å²) in [6.45, 7) is 13.5. The molecule has 0 aliphatic carbocycles. The Kier molecular flexibility index (Phi) is 17.4. The molecule has 0 spiro atoms. The second kappa shape index (κ2) is 22.3. The zero-order valence-corrected chi connectivity index (χ0v) is 39.0. The molecule has 0 aromatic carbocycles. The summed E-state index contributed by atoms with van der Waals surface area (Å²) >= 11 is 0. The lowest BCUT2D eigenvalue weighted by Crippen LogP contribution is -2.61. The second-order valence-electron chi connectivity index (χ2n) is 18.1. The number of ether oxygens (including phenoxy) is 6. The molecule has 3 aliphatic rings. The molecule has 2 aromatic heterocycles. The smallest absolute Gasteiger partial charge is 0.408 e. The van der Waals surface area contributed by atoms with Crippen molar-refractivity contribution >= 4 is 36.0 Å². The number of aliphatic hydroxyl groups is 1. The van der Waals surface area contributed by atoms with E-state index < -0.39 is 102 Å². The minimum absolute atomic E-state index is 0.0365. The van der Waals surface area contributed by atoms with Crippen LogP contribution in [0.15, 0.2) is 61.3 Å². The molecule has 5 heterocycles. The normalized spacial score (nSPS) is 34.9. The number of cyclic esters (lactones) is 1. The van der Waals surface area contributed by atoms with Crippen LogP contribution in [-0.4, -0.2) is 136 Å². The molecule has 0 saturated carbocycles. The van der Waals surface area contributed by atoms with Gasteiger partial charge in [0, 0.05) is 55.1 Å². The Labute approximate surface area is 381 Å². The number of aliphatic hydroxyl groups excluding tert-OH is 1. The van der Waals surface area contributed by atoms with Crippen LogP contribution in [0.4, 0.5) is 9.59 Å². The number of carbonyl (C=O) groups excluding carboxylic acids is 5. The molecule has 14 atom stereocenters. The van der Waals surface area contributed by atoms with Crippen molar-refractivity contribution in [1.29, 1.82) is 0 Å². The molecule has 18 heteroatoms. The topological polar surface area (TPSA) is 227 Å². The Bertz CT molecular complexity index is 2010. The number of Topliss-reactive ketones (excluding diaryl/α,β-unsaturated/α-hetero) is 1. The highest BCUT2D eigenvalue weighted by Crippen LogP contribution is 2.42. The van der Waals surface area contributed by atoms with Crippen LogP contribution in [-0.2, 0) is 49.2 Å². The van der Waals surface area contributed by atoms with Crippen molar-refractivity contribution in [2.45, 2.75) is 141 Å². The van der Waals surface area contributed by atoms with E-state index >= 15 is 0 Å². The van der Waals surface area contributed by atoms with Crippen LogP contribution >= 0.6 is 0 Å². The van der Waals surface area contributed by atoms with Gasteiger partial charge in [-0.3, -0.25) is 29.3 Å². The van der Waals surface area contributed by atoms with E-state index in [2.05, 4.69) is 25.6 Å². The third-order valence-corrected chi connectivity index (χ3v) is 12.8. The maximum Gasteiger partial charge on any atom is 0.408 e. The third-order valence-electron chi connectivity index (χ3n) is 12.8. The number of allylic oxidation sites excluding steroid dienone is 2. The average Bonchev–Trinajstić information content (AvgIpc) is 3.58. The van der Waals surface area contributed by atoms with Gasteiger partial charge in [0.25, 0.3) is 0 Å².